The van der Waals surface area contributed by atoms with E-state index < -0.39 is 0 Å². The van der Waals surface area contributed by atoms with Crippen LogP contribution in [0, 0.1) is 6.92 Å². The predicted octanol–water partition coefficient (Wildman–Crippen LogP) is 2.66. The number of aryl methyl sites for hydroxylation is 1. The summed E-state index contributed by atoms with van der Waals surface area (Å²) < 4.78 is 2.45. The summed E-state index contributed by atoms with van der Waals surface area (Å²) in [5, 5.41) is 0. The van der Waals surface area contributed by atoms with Gasteiger partial charge < -0.3 is 9.47 Å². The van der Waals surface area contributed by atoms with Gasteiger partial charge in [-0.05, 0) is 38.1 Å². The lowest BCUT2D eigenvalue weighted by molar-refractivity contribution is 0.281. The summed E-state index contributed by atoms with van der Waals surface area (Å²) in [5.74, 6) is 0.568. The van der Waals surface area contributed by atoms with Gasteiger partial charge in [0, 0.05) is 42.7 Å². The van der Waals surface area contributed by atoms with Crippen molar-refractivity contribution in [3.05, 3.63) is 53.2 Å². The van der Waals surface area contributed by atoms with Gasteiger partial charge in [-0.15, -0.1) is 0 Å². The Bertz CT molecular complexity index is 899. The number of nitrogens with zero attached hydrogens (tertiary/aromatic N) is 5. The molecule has 5 nitrogen and oxygen atoms in total. The fourth-order valence-electron chi connectivity index (χ4n) is 4.37. The van der Waals surface area contributed by atoms with Crippen molar-refractivity contribution >= 4 is 11.2 Å². The molecule has 5 heteroatoms. The summed E-state index contributed by atoms with van der Waals surface area (Å²) >= 11 is 0. The van der Waals surface area contributed by atoms with Gasteiger partial charge in [0.2, 0.25) is 0 Å². The Labute approximate surface area is 135 Å². The normalized spacial score (nSPS) is 23.4. The summed E-state index contributed by atoms with van der Waals surface area (Å²) in [6.07, 6.45) is 6.80. The molecule has 2 unspecified atom stereocenters. The van der Waals surface area contributed by atoms with Crippen LogP contribution in [0.5, 0.6) is 0 Å². The maximum absolute atomic E-state index is 4.82. The molecule has 2 aliphatic heterocycles. The van der Waals surface area contributed by atoms with E-state index in [0.29, 0.717) is 12.0 Å². The molecule has 0 aromatic carbocycles. The standard InChI is InChI=1S/C18H19N5/c1-11-8-20-18-16(21-11)14-10-22(2)9-13-7-15(23(18)17(13)14)12-3-5-19-6-4-12/h3-6,8,13,15H,7,9-10H2,1-2H3. The highest BCUT2D eigenvalue weighted by atomic mass is 15.2. The monoisotopic (exact) mass is 305 g/mol. The second kappa shape index (κ2) is 4.61. The van der Waals surface area contributed by atoms with E-state index in [0.717, 1.165) is 36.4 Å². The summed E-state index contributed by atoms with van der Waals surface area (Å²) in [7, 11) is 2.20. The van der Waals surface area contributed by atoms with Gasteiger partial charge in [0.05, 0.1) is 17.9 Å². The molecule has 0 fully saturated rings. The minimum absolute atomic E-state index is 0.345. The molecule has 0 bridgehead atoms. The van der Waals surface area contributed by atoms with Crippen molar-refractivity contribution in [3.8, 4) is 0 Å². The predicted molar refractivity (Wildman–Crippen MR) is 88.3 cm³/mol. The Balaban J connectivity index is 1.80. The molecule has 0 spiro atoms. The number of hydrogen-bond acceptors (Lipinski definition) is 4. The molecule has 3 aromatic rings. The van der Waals surface area contributed by atoms with Crippen LogP contribution in [0.15, 0.2) is 30.7 Å². The highest BCUT2D eigenvalue weighted by Gasteiger charge is 2.40. The summed E-state index contributed by atoms with van der Waals surface area (Å²) in [4.78, 5) is 16.2. The molecule has 0 saturated carbocycles. The summed E-state index contributed by atoms with van der Waals surface area (Å²) in [6.45, 7) is 4.10. The van der Waals surface area contributed by atoms with Gasteiger partial charge in [-0.1, -0.05) is 0 Å². The van der Waals surface area contributed by atoms with E-state index in [2.05, 4.69) is 33.6 Å². The fraction of sp³-hybridized carbons (Fsp3) is 0.389. The van der Waals surface area contributed by atoms with Gasteiger partial charge in [-0.2, -0.15) is 0 Å². The lowest BCUT2D eigenvalue weighted by Crippen LogP contribution is -2.28. The van der Waals surface area contributed by atoms with Crippen LogP contribution >= 0.6 is 0 Å². The van der Waals surface area contributed by atoms with E-state index in [1.54, 1.807) is 0 Å². The van der Waals surface area contributed by atoms with Crippen molar-refractivity contribution in [1.29, 1.82) is 0 Å². The fourth-order valence-corrected chi connectivity index (χ4v) is 4.37. The number of likely N-dealkylation sites (N-methyl/N-ethyl adjacent to an activating group) is 1. The second-order valence-electron chi connectivity index (χ2n) is 6.84. The first-order chi connectivity index (χ1) is 11.2. The largest absolute Gasteiger partial charge is 0.320 e. The van der Waals surface area contributed by atoms with Crippen LogP contribution < -0.4 is 0 Å². The van der Waals surface area contributed by atoms with Crippen LogP contribution in [0.4, 0.5) is 0 Å². The third kappa shape index (κ3) is 1.80. The smallest absolute Gasteiger partial charge is 0.159 e. The zero-order valence-corrected chi connectivity index (χ0v) is 13.4. The highest BCUT2D eigenvalue weighted by molar-refractivity contribution is 5.80. The van der Waals surface area contributed by atoms with E-state index in [4.69, 9.17) is 9.97 Å². The van der Waals surface area contributed by atoms with Crippen LogP contribution in [0.3, 0.4) is 0 Å². The number of aromatic nitrogens is 4. The first-order valence-electron chi connectivity index (χ1n) is 8.17. The minimum atomic E-state index is 0.345. The molecule has 2 aliphatic rings. The molecule has 116 valence electrons. The molecule has 23 heavy (non-hydrogen) atoms. The average molecular weight is 305 g/mol. The third-order valence-corrected chi connectivity index (χ3v) is 5.21. The Morgan fingerprint density at radius 3 is 2.87 bits per heavy atom. The van der Waals surface area contributed by atoms with Gasteiger partial charge in [-0.3, -0.25) is 4.98 Å². The summed E-state index contributed by atoms with van der Waals surface area (Å²) in [5.41, 5.74) is 7.29. The van der Waals surface area contributed by atoms with Crippen LogP contribution in [0.1, 0.15) is 40.9 Å². The van der Waals surface area contributed by atoms with Crippen molar-refractivity contribution in [2.45, 2.75) is 31.8 Å². The topological polar surface area (TPSA) is 46.8 Å². The zero-order valence-electron chi connectivity index (χ0n) is 13.4. The van der Waals surface area contributed by atoms with E-state index in [-0.39, 0.29) is 0 Å². The lowest BCUT2D eigenvalue weighted by Gasteiger charge is -2.27. The number of hydrogen-bond donors (Lipinski definition) is 0. The van der Waals surface area contributed by atoms with Gasteiger partial charge in [-0.25, -0.2) is 9.97 Å². The minimum Gasteiger partial charge on any atom is -0.320 e. The average Bonchev–Trinajstić information content (AvgIpc) is 3.08. The van der Waals surface area contributed by atoms with Crippen LogP contribution in [-0.4, -0.2) is 38.0 Å². The number of rotatable bonds is 1. The van der Waals surface area contributed by atoms with Gasteiger partial charge in [0.1, 0.15) is 5.52 Å². The Kier molecular flexibility index (Phi) is 2.65. The highest BCUT2D eigenvalue weighted by Crippen LogP contribution is 2.47. The first-order valence-corrected chi connectivity index (χ1v) is 8.17. The van der Waals surface area contributed by atoms with Crippen molar-refractivity contribution < 1.29 is 0 Å². The maximum Gasteiger partial charge on any atom is 0.159 e. The zero-order chi connectivity index (χ0) is 15.6. The van der Waals surface area contributed by atoms with Crippen molar-refractivity contribution in [2.24, 2.45) is 0 Å². The van der Waals surface area contributed by atoms with Crippen LogP contribution in [0.2, 0.25) is 0 Å². The summed E-state index contributed by atoms with van der Waals surface area (Å²) in [6, 6.07) is 4.61. The quantitative estimate of drug-likeness (QED) is 0.693. The van der Waals surface area contributed by atoms with Gasteiger partial charge >= 0.3 is 0 Å². The lowest BCUT2D eigenvalue weighted by atomic mass is 9.92. The molecule has 3 aromatic heterocycles. The molecule has 0 radical (unpaired) electrons. The molecule has 0 amide bonds. The Hall–Kier alpha value is -2.27. The van der Waals surface area contributed by atoms with E-state index in [1.807, 2.05) is 25.5 Å². The molecule has 0 aliphatic carbocycles. The molecule has 5 rings (SSSR count). The SMILES string of the molecule is Cc1cnc2c(n1)c1c3n2C(c2ccncc2)CC3CN(C)C1. The van der Waals surface area contributed by atoms with Crippen LogP contribution in [-0.2, 0) is 6.54 Å². The van der Waals surface area contributed by atoms with E-state index in [9.17, 15) is 0 Å². The van der Waals surface area contributed by atoms with Crippen molar-refractivity contribution in [2.75, 3.05) is 13.6 Å². The van der Waals surface area contributed by atoms with E-state index >= 15 is 0 Å². The van der Waals surface area contributed by atoms with Crippen molar-refractivity contribution in [1.82, 2.24) is 24.4 Å². The number of pyridine rings is 1. The Morgan fingerprint density at radius 1 is 1.22 bits per heavy atom. The Morgan fingerprint density at radius 2 is 2.04 bits per heavy atom. The van der Waals surface area contributed by atoms with Crippen LogP contribution in [0.25, 0.3) is 11.2 Å². The third-order valence-electron chi connectivity index (χ3n) is 5.21. The van der Waals surface area contributed by atoms with Gasteiger partial charge in [0.15, 0.2) is 5.65 Å². The molecule has 2 atom stereocenters. The van der Waals surface area contributed by atoms with Gasteiger partial charge in [0.25, 0.3) is 0 Å². The molecular weight excluding hydrogens is 286 g/mol. The van der Waals surface area contributed by atoms with E-state index in [1.165, 1.54) is 16.8 Å². The maximum atomic E-state index is 4.82. The molecule has 5 heterocycles. The van der Waals surface area contributed by atoms with Crippen molar-refractivity contribution in [3.63, 3.8) is 0 Å². The first kappa shape index (κ1) is 13.2. The molecule has 0 saturated heterocycles. The second-order valence-corrected chi connectivity index (χ2v) is 6.84. The number of fused-ring (bicyclic) bond motifs is 3. The molecular formula is C18H19N5. The molecule has 0 N–H and O–H groups in total.